The molecule has 1 atom stereocenters. The molecule has 88 valence electrons. The number of hydrogen-bond donors (Lipinski definition) is 3. The first-order valence-corrected chi connectivity index (χ1v) is 5.47. The van der Waals surface area contributed by atoms with E-state index in [1.165, 1.54) is 0 Å². The van der Waals surface area contributed by atoms with Crippen LogP contribution in [-0.2, 0) is 0 Å². The topological polar surface area (TPSA) is 66.8 Å². The van der Waals surface area contributed by atoms with Gasteiger partial charge in [-0.15, -0.1) is 0 Å². The summed E-state index contributed by atoms with van der Waals surface area (Å²) in [5.74, 6) is 0.245. The van der Waals surface area contributed by atoms with Crippen molar-refractivity contribution in [2.75, 3.05) is 19.0 Å². The Labute approximate surface area is 99.3 Å². The van der Waals surface area contributed by atoms with E-state index in [-0.39, 0.29) is 12.4 Å². The van der Waals surface area contributed by atoms with Crippen LogP contribution >= 0.6 is 12.6 Å². The fraction of sp³-hybridized carbons (Fsp3) is 0.364. The molecule has 1 unspecified atom stereocenters. The molecule has 1 aromatic rings. The summed E-state index contributed by atoms with van der Waals surface area (Å²) in [5.41, 5.74) is 0.316. The SMILES string of the molecule is O=C(CO)c1ccccc1OCC(O)CS. The van der Waals surface area contributed by atoms with Crippen molar-refractivity contribution in [3.8, 4) is 5.75 Å². The van der Waals surface area contributed by atoms with Gasteiger partial charge in [0.2, 0.25) is 0 Å². The second kappa shape index (κ2) is 6.52. The average Bonchev–Trinajstić information content (AvgIpc) is 2.35. The number of aliphatic hydroxyl groups is 2. The number of para-hydroxylation sites is 1. The predicted octanol–water partition coefficient (Wildman–Crippen LogP) is 0.531. The zero-order chi connectivity index (χ0) is 12.0. The number of hydrogen-bond acceptors (Lipinski definition) is 5. The third-order valence-electron chi connectivity index (χ3n) is 1.97. The van der Waals surface area contributed by atoms with Crippen molar-refractivity contribution < 1.29 is 19.7 Å². The molecule has 0 aromatic heterocycles. The third-order valence-corrected chi connectivity index (χ3v) is 2.39. The summed E-state index contributed by atoms with van der Waals surface area (Å²) in [4.78, 5) is 11.3. The summed E-state index contributed by atoms with van der Waals surface area (Å²) in [6.45, 7) is -0.491. The number of ketones is 1. The van der Waals surface area contributed by atoms with Crippen LogP contribution in [0.15, 0.2) is 24.3 Å². The van der Waals surface area contributed by atoms with E-state index in [1.54, 1.807) is 24.3 Å². The summed E-state index contributed by atoms with van der Waals surface area (Å²) in [5, 5.41) is 18.0. The highest BCUT2D eigenvalue weighted by Gasteiger charge is 2.11. The van der Waals surface area contributed by atoms with Gasteiger partial charge in [-0.2, -0.15) is 12.6 Å². The van der Waals surface area contributed by atoms with E-state index in [4.69, 9.17) is 9.84 Å². The lowest BCUT2D eigenvalue weighted by Crippen LogP contribution is -2.20. The Kier molecular flexibility index (Phi) is 5.31. The molecule has 0 radical (unpaired) electrons. The monoisotopic (exact) mass is 242 g/mol. The second-order valence-electron chi connectivity index (χ2n) is 3.22. The smallest absolute Gasteiger partial charge is 0.191 e. The molecule has 5 heteroatoms. The molecule has 1 aromatic carbocycles. The maximum absolute atomic E-state index is 11.3. The van der Waals surface area contributed by atoms with Crippen LogP contribution in [0, 0.1) is 0 Å². The summed E-state index contributed by atoms with van der Waals surface area (Å²) in [6.07, 6.45) is -0.680. The van der Waals surface area contributed by atoms with Crippen molar-refractivity contribution in [3.63, 3.8) is 0 Å². The van der Waals surface area contributed by atoms with Crippen molar-refractivity contribution in [2.24, 2.45) is 0 Å². The minimum atomic E-state index is -0.680. The minimum Gasteiger partial charge on any atom is -0.490 e. The van der Waals surface area contributed by atoms with Gasteiger partial charge in [0.05, 0.1) is 11.7 Å². The van der Waals surface area contributed by atoms with Gasteiger partial charge in [-0.1, -0.05) is 12.1 Å². The molecule has 1 rings (SSSR count). The molecule has 16 heavy (non-hydrogen) atoms. The zero-order valence-electron chi connectivity index (χ0n) is 8.67. The van der Waals surface area contributed by atoms with Crippen molar-refractivity contribution in [3.05, 3.63) is 29.8 Å². The molecule has 0 aliphatic carbocycles. The van der Waals surface area contributed by atoms with Crippen LogP contribution < -0.4 is 4.74 Å². The van der Waals surface area contributed by atoms with Gasteiger partial charge in [0.1, 0.15) is 19.0 Å². The van der Waals surface area contributed by atoms with Gasteiger partial charge in [0.25, 0.3) is 0 Å². The van der Waals surface area contributed by atoms with E-state index >= 15 is 0 Å². The number of aliphatic hydroxyl groups excluding tert-OH is 2. The Morgan fingerprint density at radius 1 is 1.44 bits per heavy atom. The third kappa shape index (κ3) is 3.52. The van der Waals surface area contributed by atoms with Crippen LogP contribution in [0.1, 0.15) is 10.4 Å². The molecule has 0 saturated carbocycles. The van der Waals surface area contributed by atoms with Gasteiger partial charge in [-0.25, -0.2) is 0 Å². The molecule has 0 aliphatic rings. The summed E-state index contributed by atoms with van der Waals surface area (Å²) >= 11 is 3.91. The highest BCUT2D eigenvalue weighted by molar-refractivity contribution is 7.80. The van der Waals surface area contributed by atoms with Crippen LogP contribution in [0.5, 0.6) is 5.75 Å². The molecule has 2 N–H and O–H groups in total. The van der Waals surface area contributed by atoms with Crippen LogP contribution in [0.3, 0.4) is 0 Å². The number of benzene rings is 1. The second-order valence-corrected chi connectivity index (χ2v) is 3.59. The standard InChI is InChI=1S/C11H14O4S/c12-5-10(14)9-3-1-2-4-11(9)15-6-8(13)7-16/h1-4,8,12-13,16H,5-7H2. The molecule has 4 nitrogen and oxygen atoms in total. The summed E-state index contributed by atoms with van der Waals surface area (Å²) < 4.78 is 5.28. The molecule has 0 spiro atoms. The lowest BCUT2D eigenvalue weighted by Gasteiger charge is -2.12. The van der Waals surface area contributed by atoms with Crippen molar-refractivity contribution in [1.82, 2.24) is 0 Å². The van der Waals surface area contributed by atoms with Gasteiger partial charge >= 0.3 is 0 Å². The van der Waals surface area contributed by atoms with Crippen LogP contribution in [0.4, 0.5) is 0 Å². The molecular weight excluding hydrogens is 228 g/mol. The average molecular weight is 242 g/mol. The quantitative estimate of drug-likeness (QED) is 0.503. The van der Waals surface area contributed by atoms with Crippen LogP contribution in [0.25, 0.3) is 0 Å². The van der Waals surface area contributed by atoms with Gasteiger partial charge in [0.15, 0.2) is 5.78 Å². The maximum atomic E-state index is 11.3. The van der Waals surface area contributed by atoms with Gasteiger partial charge in [-0.3, -0.25) is 4.79 Å². The number of Topliss-reactive ketones (excluding diaryl/α,β-unsaturated/α-hetero) is 1. The number of carbonyl (C=O) groups is 1. The van der Waals surface area contributed by atoms with E-state index in [2.05, 4.69) is 12.6 Å². The Balaban J connectivity index is 2.75. The lowest BCUT2D eigenvalue weighted by atomic mass is 10.1. The van der Waals surface area contributed by atoms with E-state index in [0.717, 1.165) is 0 Å². The van der Waals surface area contributed by atoms with Crippen molar-refractivity contribution >= 4 is 18.4 Å². The van der Waals surface area contributed by atoms with E-state index in [9.17, 15) is 9.90 Å². The summed E-state index contributed by atoms with van der Waals surface area (Å²) in [7, 11) is 0. The molecular formula is C11H14O4S. The Morgan fingerprint density at radius 2 is 2.12 bits per heavy atom. The minimum absolute atomic E-state index is 0.0687. The molecule has 0 bridgehead atoms. The summed E-state index contributed by atoms with van der Waals surface area (Å²) in [6, 6.07) is 6.59. The Hall–Kier alpha value is -1.04. The van der Waals surface area contributed by atoms with Crippen molar-refractivity contribution in [1.29, 1.82) is 0 Å². The lowest BCUT2D eigenvalue weighted by molar-refractivity contribution is 0.0891. The predicted molar refractivity (Wildman–Crippen MR) is 63.2 cm³/mol. The number of carbonyl (C=O) groups excluding carboxylic acids is 1. The molecule has 0 saturated heterocycles. The largest absolute Gasteiger partial charge is 0.490 e. The number of thiol groups is 1. The number of ether oxygens (including phenoxy) is 1. The molecule has 0 amide bonds. The first-order chi connectivity index (χ1) is 7.69. The maximum Gasteiger partial charge on any atom is 0.191 e. The molecule has 0 fully saturated rings. The van der Waals surface area contributed by atoms with Gasteiger partial charge in [0, 0.05) is 5.75 Å². The number of rotatable bonds is 6. The van der Waals surface area contributed by atoms with Gasteiger partial charge in [-0.05, 0) is 12.1 Å². The molecule has 0 heterocycles. The highest BCUT2D eigenvalue weighted by Crippen LogP contribution is 2.18. The first-order valence-electron chi connectivity index (χ1n) is 4.83. The van der Waals surface area contributed by atoms with Crippen LogP contribution in [0.2, 0.25) is 0 Å². The zero-order valence-corrected chi connectivity index (χ0v) is 9.56. The Morgan fingerprint density at radius 3 is 2.75 bits per heavy atom. The molecule has 0 aliphatic heterocycles. The van der Waals surface area contributed by atoms with Crippen molar-refractivity contribution in [2.45, 2.75) is 6.10 Å². The van der Waals surface area contributed by atoms with E-state index < -0.39 is 18.5 Å². The fourth-order valence-corrected chi connectivity index (χ4v) is 1.25. The van der Waals surface area contributed by atoms with Gasteiger partial charge < -0.3 is 14.9 Å². The van der Waals surface area contributed by atoms with E-state index in [1.807, 2.05) is 0 Å². The first kappa shape index (κ1) is 13.0. The van der Waals surface area contributed by atoms with Crippen LogP contribution in [-0.4, -0.2) is 41.1 Å². The Bertz CT molecular complexity index is 354. The fourth-order valence-electron chi connectivity index (χ4n) is 1.15. The highest BCUT2D eigenvalue weighted by atomic mass is 32.1. The van der Waals surface area contributed by atoms with E-state index in [0.29, 0.717) is 11.3 Å². The normalized spacial score (nSPS) is 12.2.